The molecule has 1 fully saturated rings. The minimum atomic E-state index is -0.417. The molecule has 2 heterocycles. The van der Waals surface area contributed by atoms with Gasteiger partial charge in [0.25, 0.3) is 0 Å². The van der Waals surface area contributed by atoms with Crippen LogP contribution in [0.1, 0.15) is 49.5 Å². The van der Waals surface area contributed by atoms with Gasteiger partial charge in [0.05, 0.1) is 12.1 Å². The van der Waals surface area contributed by atoms with Gasteiger partial charge in [-0.05, 0) is 24.1 Å². The summed E-state index contributed by atoms with van der Waals surface area (Å²) in [5, 5.41) is 14.0. The Labute approximate surface area is 128 Å². The Hall–Kier alpha value is -1.79. The first-order valence-corrected chi connectivity index (χ1v) is 7.53. The number of hydrogen-bond acceptors (Lipinski definition) is 5. The van der Waals surface area contributed by atoms with E-state index < -0.39 is 6.10 Å². The smallest absolute Gasteiger partial charge is 0.244 e. The molecule has 1 aliphatic rings. The van der Waals surface area contributed by atoms with Crippen LogP contribution in [0.5, 0.6) is 0 Å². The maximum Gasteiger partial charge on any atom is 0.244 e. The monoisotopic (exact) mass is 305 g/mol. The third kappa shape index (κ3) is 3.18. The van der Waals surface area contributed by atoms with Gasteiger partial charge in [-0.1, -0.05) is 31.1 Å². The highest BCUT2D eigenvalue weighted by Gasteiger charge is 2.35. The second-order valence-corrected chi connectivity index (χ2v) is 6.11. The van der Waals surface area contributed by atoms with Crippen LogP contribution >= 0.6 is 0 Å². The molecule has 22 heavy (non-hydrogen) atoms. The lowest BCUT2D eigenvalue weighted by atomic mass is 10.1. The van der Waals surface area contributed by atoms with Gasteiger partial charge in [-0.2, -0.15) is 4.98 Å². The maximum atomic E-state index is 13.0. The van der Waals surface area contributed by atoms with E-state index in [0.717, 1.165) is 5.56 Å². The molecular weight excluding hydrogens is 285 g/mol. The lowest BCUT2D eigenvalue weighted by molar-refractivity contribution is 0.169. The largest absolute Gasteiger partial charge is 0.392 e. The molecule has 118 valence electrons. The second kappa shape index (κ2) is 6.14. The molecule has 3 rings (SSSR count). The summed E-state index contributed by atoms with van der Waals surface area (Å²) in [7, 11) is 0. The first kappa shape index (κ1) is 15.1. The molecule has 1 aliphatic heterocycles. The van der Waals surface area contributed by atoms with Crippen molar-refractivity contribution < 1.29 is 14.0 Å². The number of benzene rings is 1. The van der Waals surface area contributed by atoms with E-state index in [2.05, 4.69) is 15.0 Å². The lowest BCUT2D eigenvalue weighted by Crippen LogP contribution is -2.24. The predicted molar refractivity (Wildman–Crippen MR) is 78.6 cm³/mol. The van der Waals surface area contributed by atoms with Gasteiger partial charge in [-0.25, -0.2) is 4.39 Å². The second-order valence-electron chi connectivity index (χ2n) is 6.11. The molecular formula is C16H20FN3O2. The Bertz CT molecular complexity index is 627. The number of aromatic nitrogens is 2. The highest BCUT2D eigenvalue weighted by atomic mass is 19.1. The van der Waals surface area contributed by atoms with E-state index in [0.29, 0.717) is 31.2 Å². The van der Waals surface area contributed by atoms with E-state index in [1.165, 1.54) is 12.1 Å². The summed E-state index contributed by atoms with van der Waals surface area (Å²) >= 11 is 0. The van der Waals surface area contributed by atoms with Crippen molar-refractivity contribution in [3.05, 3.63) is 47.4 Å². The first-order valence-electron chi connectivity index (χ1n) is 7.53. The number of likely N-dealkylation sites (tertiary alicyclic amines) is 1. The van der Waals surface area contributed by atoms with E-state index in [9.17, 15) is 9.50 Å². The Morgan fingerprint density at radius 3 is 2.73 bits per heavy atom. The quantitative estimate of drug-likeness (QED) is 0.941. The molecule has 0 amide bonds. The van der Waals surface area contributed by atoms with E-state index in [-0.39, 0.29) is 17.8 Å². The molecule has 2 aromatic rings. The summed E-state index contributed by atoms with van der Waals surface area (Å²) in [5.74, 6) is 1.18. The Balaban J connectivity index is 1.77. The van der Waals surface area contributed by atoms with Gasteiger partial charge >= 0.3 is 0 Å². The van der Waals surface area contributed by atoms with Crippen LogP contribution in [0.2, 0.25) is 0 Å². The number of β-amino-alcohol motifs (C(OH)–C–C–N with tert-alkyl or cyclic N) is 1. The molecule has 0 bridgehead atoms. The van der Waals surface area contributed by atoms with Gasteiger partial charge in [-0.15, -0.1) is 0 Å². The van der Waals surface area contributed by atoms with Gasteiger partial charge in [0.15, 0.2) is 5.82 Å². The highest BCUT2D eigenvalue weighted by Crippen LogP contribution is 2.33. The molecule has 2 atom stereocenters. The minimum absolute atomic E-state index is 0.0972. The number of aliphatic hydroxyl groups excluding tert-OH is 1. The van der Waals surface area contributed by atoms with Crippen LogP contribution in [0.25, 0.3) is 0 Å². The van der Waals surface area contributed by atoms with Crippen molar-refractivity contribution in [2.75, 3.05) is 6.54 Å². The fourth-order valence-corrected chi connectivity index (χ4v) is 2.75. The highest BCUT2D eigenvalue weighted by molar-refractivity contribution is 5.16. The van der Waals surface area contributed by atoms with Crippen LogP contribution in [0.3, 0.4) is 0 Å². The molecule has 1 N–H and O–H groups in total. The minimum Gasteiger partial charge on any atom is -0.392 e. The molecule has 0 aliphatic carbocycles. The first-order chi connectivity index (χ1) is 10.5. The van der Waals surface area contributed by atoms with Crippen molar-refractivity contribution in [1.82, 2.24) is 15.0 Å². The Kier molecular flexibility index (Phi) is 4.22. The molecule has 1 aromatic carbocycles. The lowest BCUT2D eigenvalue weighted by Gasteiger charge is -2.21. The predicted octanol–water partition coefficient (Wildman–Crippen LogP) is 2.64. The number of halogens is 1. The topological polar surface area (TPSA) is 62.4 Å². The fraction of sp³-hybridized carbons (Fsp3) is 0.500. The summed E-state index contributed by atoms with van der Waals surface area (Å²) in [6.45, 7) is 5.17. The standard InChI is InChI=1S/C16H20FN3O2/c1-10(2)15-18-16(22-19-15)14-7-13(21)9-20(14)8-11-3-5-12(17)6-4-11/h3-6,10,13-14,21H,7-9H2,1-2H3. The van der Waals surface area contributed by atoms with E-state index >= 15 is 0 Å². The van der Waals surface area contributed by atoms with Gasteiger partial charge < -0.3 is 9.63 Å². The van der Waals surface area contributed by atoms with Crippen LogP contribution < -0.4 is 0 Å². The molecule has 5 nitrogen and oxygen atoms in total. The van der Waals surface area contributed by atoms with E-state index in [1.807, 2.05) is 13.8 Å². The van der Waals surface area contributed by atoms with Crippen molar-refractivity contribution in [2.24, 2.45) is 0 Å². The molecule has 0 saturated carbocycles. The molecule has 0 spiro atoms. The van der Waals surface area contributed by atoms with Gasteiger partial charge in [0, 0.05) is 19.0 Å². The van der Waals surface area contributed by atoms with Gasteiger partial charge in [0.2, 0.25) is 5.89 Å². The van der Waals surface area contributed by atoms with Crippen molar-refractivity contribution in [3.8, 4) is 0 Å². The fourth-order valence-electron chi connectivity index (χ4n) is 2.75. The van der Waals surface area contributed by atoms with Gasteiger partial charge in [-0.3, -0.25) is 4.90 Å². The van der Waals surface area contributed by atoms with Crippen LogP contribution in [0.15, 0.2) is 28.8 Å². The average molecular weight is 305 g/mol. The maximum absolute atomic E-state index is 13.0. The van der Waals surface area contributed by atoms with E-state index in [1.54, 1.807) is 12.1 Å². The molecule has 6 heteroatoms. The Morgan fingerprint density at radius 2 is 2.09 bits per heavy atom. The van der Waals surface area contributed by atoms with Crippen molar-refractivity contribution in [1.29, 1.82) is 0 Å². The van der Waals surface area contributed by atoms with Crippen LogP contribution in [-0.4, -0.2) is 32.8 Å². The molecule has 1 saturated heterocycles. The summed E-state index contributed by atoms with van der Waals surface area (Å²) in [6.07, 6.45) is 0.154. The zero-order chi connectivity index (χ0) is 15.7. The van der Waals surface area contributed by atoms with Gasteiger partial charge in [0.1, 0.15) is 5.82 Å². The van der Waals surface area contributed by atoms with Crippen LogP contribution in [-0.2, 0) is 6.54 Å². The zero-order valence-corrected chi connectivity index (χ0v) is 12.7. The molecule has 1 aromatic heterocycles. The molecule has 2 unspecified atom stereocenters. The van der Waals surface area contributed by atoms with Crippen molar-refractivity contribution in [2.45, 2.75) is 44.9 Å². The number of nitrogens with zero attached hydrogens (tertiary/aromatic N) is 3. The van der Waals surface area contributed by atoms with Crippen LogP contribution in [0.4, 0.5) is 4.39 Å². The van der Waals surface area contributed by atoms with Crippen LogP contribution in [0, 0.1) is 5.82 Å². The molecule has 0 radical (unpaired) electrons. The van der Waals surface area contributed by atoms with E-state index in [4.69, 9.17) is 4.52 Å². The summed E-state index contributed by atoms with van der Waals surface area (Å²) in [5.41, 5.74) is 0.990. The summed E-state index contributed by atoms with van der Waals surface area (Å²) in [6, 6.07) is 6.30. The van der Waals surface area contributed by atoms with Crippen molar-refractivity contribution >= 4 is 0 Å². The Morgan fingerprint density at radius 1 is 1.36 bits per heavy atom. The number of rotatable bonds is 4. The zero-order valence-electron chi connectivity index (χ0n) is 12.7. The SMILES string of the molecule is CC(C)c1noc(C2CC(O)CN2Cc2ccc(F)cc2)n1. The average Bonchev–Trinajstić information content (AvgIpc) is 3.08. The third-order valence-corrected chi connectivity index (χ3v) is 3.94. The number of hydrogen-bond donors (Lipinski definition) is 1. The number of aliphatic hydroxyl groups is 1. The van der Waals surface area contributed by atoms with Crippen molar-refractivity contribution in [3.63, 3.8) is 0 Å². The normalized spacial score (nSPS) is 22.6. The third-order valence-electron chi connectivity index (χ3n) is 3.94. The summed E-state index contributed by atoms with van der Waals surface area (Å²) in [4.78, 5) is 6.53. The summed E-state index contributed by atoms with van der Waals surface area (Å²) < 4.78 is 18.4.